The van der Waals surface area contributed by atoms with E-state index in [1.807, 2.05) is 48.0 Å². The summed E-state index contributed by atoms with van der Waals surface area (Å²) in [5.41, 5.74) is 8.23. The van der Waals surface area contributed by atoms with E-state index in [4.69, 9.17) is 5.73 Å². The molecule has 8 nitrogen and oxygen atoms in total. The maximum absolute atomic E-state index is 12.5. The Hall–Kier alpha value is -3.68. The van der Waals surface area contributed by atoms with Crippen molar-refractivity contribution in [3.05, 3.63) is 54.9 Å². The number of pyridine rings is 1. The van der Waals surface area contributed by atoms with Crippen molar-refractivity contribution in [1.82, 2.24) is 24.5 Å². The smallest absolute Gasteiger partial charge is 0.247 e. The summed E-state index contributed by atoms with van der Waals surface area (Å²) in [6, 6.07) is 13.2. The summed E-state index contributed by atoms with van der Waals surface area (Å²) in [5.74, 6) is 0.801. The summed E-state index contributed by atoms with van der Waals surface area (Å²) in [6.45, 7) is 2.82. The molecular formula is C19H19N7O. The van der Waals surface area contributed by atoms with Gasteiger partial charge in [-0.15, -0.1) is 0 Å². The Morgan fingerprint density at radius 1 is 1.19 bits per heavy atom. The second-order valence-electron chi connectivity index (χ2n) is 6.10. The lowest BCUT2D eigenvalue weighted by Gasteiger charge is -2.03. The average molecular weight is 361 g/mol. The van der Waals surface area contributed by atoms with Gasteiger partial charge >= 0.3 is 0 Å². The molecule has 1 amide bonds. The summed E-state index contributed by atoms with van der Waals surface area (Å²) in [6.07, 6.45) is 3.43. The minimum atomic E-state index is -0.198. The van der Waals surface area contributed by atoms with Crippen LogP contribution in [0.25, 0.3) is 22.2 Å². The molecule has 4 aromatic rings. The molecule has 1 aromatic carbocycles. The van der Waals surface area contributed by atoms with Crippen LogP contribution in [0, 0.1) is 0 Å². The van der Waals surface area contributed by atoms with Gasteiger partial charge in [-0.25, -0.2) is 4.98 Å². The second kappa shape index (κ2) is 6.91. The van der Waals surface area contributed by atoms with Crippen LogP contribution < -0.4 is 11.1 Å². The Morgan fingerprint density at radius 3 is 2.85 bits per heavy atom. The van der Waals surface area contributed by atoms with E-state index in [1.54, 1.807) is 23.1 Å². The van der Waals surface area contributed by atoms with E-state index in [0.717, 1.165) is 23.0 Å². The summed E-state index contributed by atoms with van der Waals surface area (Å²) in [4.78, 5) is 16.7. The van der Waals surface area contributed by atoms with Gasteiger partial charge in [-0.05, 0) is 31.2 Å². The predicted molar refractivity (Wildman–Crippen MR) is 104 cm³/mol. The maximum Gasteiger partial charge on any atom is 0.247 e. The first-order valence-electron chi connectivity index (χ1n) is 8.65. The van der Waals surface area contributed by atoms with Gasteiger partial charge in [0.2, 0.25) is 5.91 Å². The number of hydrogen-bond donors (Lipinski definition) is 2. The number of anilines is 2. The van der Waals surface area contributed by atoms with Crippen molar-refractivity contribution >= 4 is 28.4 Å². The molecule has 0 saturated carbocycles. The first kappa shape index (κ1) is 16.8. The lowest BCUT2D eigenvalue weighted by molar-refractivity contribution is -0.116. The fraction of sp³-hybridized carbons (Fsp3) is 0.158. The molecule has 0 unspecified atom stereocenters. The molecule has 0 saturated heterocycles. The number of nitrogen functional groups attached to an aromatic ring is 1. The number of rotatable bonds is 5. The monoisotopic (exact) mass is 361 g/mol. The molecule has 3 N–H and O–H groups in total. The molecule has 4 rings (SSSR count). The second-order valence-corrected chi connectivity index (χ2v) is 6.10. The Bertz CT molecular complexity index is 1110. The van der Waals surface area contributed by atoms with Crippen LogP contribution >= 0.6 is 0 Å². The highest BCUT2D eigenvalue weighted by atomic mass is 16.2. The number of nitrogens with two attached hydrogens (primary N) is 1. The number of para-hydroxylation sites is 1. The Balaban J connectivity index is 1.51. The highest BCUT2D eigenvalue weighted by Gasteiger charge is 2.13. The summed E-state index contributed by atoms with van der Waals surface area (Å²) >= 11 is 0. The zero-order valence-electron chi connectivity index (χ0n) is 14.8. The van der Waals surface area contributed by atoms with E-state index in [1.165, 1.54) is 0 Å². The molecule has 136 valence electrons. The topological polar surface area (TPSA) is 104 Å². The zero-order valence-corrected chi connectivity index (χ0v) is 14.8. The van der Waals surface area contributed by atoms with Gasteiger partial charge in [-0.2, -0.15) is 10.2 Å². The molecule has 3 aromatic heterocycles. The third-order valence-electron chi connectivity index (χ3n) is 4.22. The fourth-order valence-electron chi connectivity index (χ4n) is 2.97. The van der Waals surface area contributed by atoms with Crippen molar-refractivity contribution in [2.75, 3.05) is 11.1 Å². The number of amides is 1. The van der Waals surface area contributed by atoms with Crippen LogP contribution in [0.4, 0.5) is 11.6 Å². The van der Waals surface area contributed by atoms with Crippen molar-refractivity contribution in [3.8, 4) is 11.3 Å². The SMILES string of the molecule is CCn1nc(NC(=O)Cn2cc(-c3cccc(N)n3)cn2)c2ccccc21. The van der Waals surface area contributed by atoms with Gasteiger partial charge in [0.1, 0.15) is 12.4 Å². The van der Waals surface area contributed by atoms with E-state index >= 15 is 0 Å². The molecule has 3 heterocycles. The maximum atomic E-state index is 12.5. The van der Waals surface area contributed by atoms with Crippen LogP contribution in [0.15, 0.2) is 54.9 Å². The molecule has 0 bridgehead atoms. The Morgan fingerprint density at radius 2 is 2.04 bits per heavy atom. The zero-order chi connectivity index (χ0) is 18.8. The third kappa shape index (κ3) is 3.37. The Kier molecular flexibility index (Phi) is 4.29. The lowest BCUT2D eigenvalue weighted by atomic mass is 10.2. The van der Waals surface area contributed by atoms with Crippen LogP contribution in [-0.4, -0.2) is 30.5 Å². The highest BCUT2D eigenvalue weighted by molar-refractivity contribution is 5.99. The molecule has 0 fully saturated rings. The number of nitrogens with zero attached hydrogens (tertiary/aromatic N) is 5. The molecule has 0 atom stereocenters. The normalized spacial score (nSPS) is 11.0. The minimum Gasteiger partial charge on any atom is -0.384 e. The molecule has 0 aliphatic rings. The van der Waals surface area contributed by atoms with Crippen LogP contribution in [0.1, 0.15) is 6.92 Å². The van der Waals surface area contributed by atoms with Gasteiger partial charge in [-0.1, -0.05) is 18.2 Å². The van der Waals surface area contributed by atoms with Crippen molar-refractivity contribution in [1.29, 1.82) is 0 Å². The van der Waals surface area contributed by atoms with Crippen molar-refractivity contribution < 1.29 is 4.79 Å². The van der Waals surface area contributed by atoms with Gasteiger partial charge in [-0.3, -0.25) is 14.2 Å². The number of aryl methyl sites for hydroxylation is 1. The van der Waals surface area contributed by atoms with Gasteiger partial charge < -0.3 is 11.1 Å². The van der Waals surface area contributed by atoms with E-state index in [-0.39, 0.29) is 12.5 Å². The number of carbonyl (C=O) groups excluding carboxylic acids is 1. The molecule has 27 heavy (non-hydrogen) atoms. The summed E-state index contributed by atoms with van der Waals surface area (Å²) in [5, 5.41) is 12.5. The Labute approximate surface area is 155 Å². The molecule has 0 spiro atoms. The van der Waals surface area contributed by atoms with Gasteiger partial charge in [0.05, 0.1) is 17.4 Å². The van der Waals surface area contributed by atoms with E-state index in [2.05, 4.69) is 20.5 Å². The van der Waals surface area contributed by atoms with Gasteiger partial charge in [0, 0.05) is 23.7 Å². The standard InChI is InChI=1S/C19H19N7O/c1-2-26-16-8-4-3-6-14(16)19(24-26)23-18(27)12-25-11-13(10-21-25)15-7-5-9-17(20)22-15/h3-11H,2,12H2,1H3,(H2,20,22)(H,23,24,27). The van der Waals surface area contributed by atoms with Crippen LogP contribution in [0.3, 0.4) is 0 Å². The van der Waals surface area contributed by atoms with Crippen LogP contribution in [0.5, 0.6) is 0 Å². The molecular weight excluding hydrogens is 342 g/mol. The molecule has 0 radical (unpaired) electrons. The third-order valence-corrected chi connectivity index (χ3v) is 4.22. The van der Waals surface area contributed by atoms with Crippen molar-refractivity contribution in [3.63, 3.8) is 0 Å². The lowest BCUT2D eigenvalue weighted by Crippen LogP contribution is -2.19. The van der Waals surface area contributed by atoms with E-state index in [0.29, 0.717) is 17.3 Å². The number of fused-ring (bicyclic) bond motifs is 1. The number of nitrogens with one attached hydrogen (secondary N) is 1. The first-order chi connectivity index (χ1) is 13.1. The first-order valence-corrected chi connectivity index (χ1v) is 8.65. The fourth-order valence-corrected chi connectivity index (χ4v) is 2.97. The van der Waals surface area contributed by atoms with E-state index < -0.39 is 0 Å². The summed E-state index contributed by atoms with van der Waals surface area (Å²) in [7, 11) is 0. The highest BCUT2D eigenvalue weighted by Crippen LogP contribution is 2.22. The number of carbonyl (C=O) groups is 1. The van der Waals surface area contributed by atoms with Gasteiger partial charge in [0.15, 0.2) is 5.82 Å². The minimum absolute atomic E-state index is 0.0790. The van der Waals surface area contributed by atoms with E-state index in [9.17, 15) is 4.79 Å². The van der Waals surface area contributed by atoms with Gasteiger partial charge in [0.25, 0.3) is 0 Å². The quantitative estimate of drug-likeness (QED) is 0.568. The summed E-state index contributed by atoms with van der Waals surface area (Å²) < 4.78 is 3.43. The number of benzene rings is 1. The molecule has 0 aliphatic carbocycles. The number of hydrogen-bond acceptors (Lipinski definition) is 5. The van der Waals surface area contributed by atoms with Crippen molar-refractivity contribution in [2.45, 2.75) is 20.0 Å². The largest absolute Gasteiger partial charge is 0.384 e. The number of aromatic nitrogens is 5. The van der Waals surface area contributed by atoms with Crippen LogP contribution in [0.2, 0.25) is 0 Å². The molecule has 0 aliphatic heterocycles. The average Bonchev–Trinajstić information content (AvgIpc) is 3.27. The predicted octanol–water partition coefficient (Wildman–Crippen LogP) is 2.54. The van der Waals surface area contributed by atoms with Crippen molar-refractivity contribution in [2.24, 2.45) is 0 Å². The molecule has 8 heteroatoms. The van der Waals surface area contributed by atoms with Crippen LogP contribution in [-0.2, 0) is 17.9 Å².